The molecule has 0 aromatic heterocycles. The van der Waals surface area contributed by atoms with Crippen molar-refractivity contribution in [3.63, 3.8) is 0 Å². The van der Waals surface area contributed by atoms with Gasteiger partial charge in [-0.1, -0.05) is 37.6 Å². The van der Waals surface area contributed by atoms with Crippen LogP contribution in [0.4, 0.5) is 4.79 Å². The first-order chi connectivity index (χ1) is 12.8. The fourth-order valence-corrected chi connectivity index (χ4v) is 6.19. The van der Waals surface area contributed by atoms with Crippen LogP contribution < -0.4 is 0 Å². The minimum atomic E-state index is -3.21. The molecule has 0 spiro atoms. The Morgan fingerprint density at radius 2 is 1.89 bits per heavy atom. The van der Waals surface area contributed by atoms with Gasteiger partial charge in [0.1, 0.15) is 0 Å². The van der Waals surface area contributed by atoms with Gasteiger partial charge in [-0.15, -0.1) is 0 Å². The third kappa shape index (κ3) is 3.85. The summed E-state index contributed by atoms with van der Waals surface area (Å²) in [6, 6.07) is 8.06. The Morgan fingerprint density at radius 1 is 1.19 bits per heavy atom. The Balaban J connectivity index is 1.90. The standard InChI is InChI=1S/C20H31N3O3S/c1-5-6-11-27(25,26)22-12-16-13-23(20(24)21(3)4)19(18(16)14-22)17-10-8-7-9-15(17)2/h7-10,16,18-19H,5-6,11-14H2,1-4H3/t16-,18-,19+/m1/s1. The molecule has 2 saturated heterocycles. The first kappa shape index (κ1) is 20.1. The largest absolute Gasteiger partial charge is 0.331 e. The monoisotopic (exact) mass is 393 g/mol. The molecule has 7 heteroatoms. The number of fused-ring (bicyclic) bond motifs is 1. The van der Waals surface area contributed by atoms with Crippen LogP contribution in [0.3, 0.4) is 0 Å². The van der Waals surface area contributed by atoms with E-state index in [1.54, 1.807) is 23.3 Å². The van der Waals surface area contributed by atoms with Crippen molar-refractivity contribution in [2.75, 3.05) is 39.5 Å². The molecule has 1 aromatic rings. The Morgan fingerprint density at radius 3 is 2.52 bits per heavy atom. The normalized spacial score (nSPS) is 25.6. The van der Waals surface area contributed by atoms with Gasteiger partial charge in [0, 0.05) is 39.6 Å². The van der Waals surface area contributed by atoms with Crippen LogP contribution >= 0.6 is 0 Å². The number of sulfonamides is 1. The van der Waals surface area contributed by atoms with Gasteiger partial charge in [-0.25, -0.2) is 17.5 Å². The molecule has 2 aliphatic rings. The van der Waals surface area contributed by atoms with E-state index >= 15 is 0 Å². The molecule has 0 N–H and O–H groups in total. The SMILES string of the molecule is CCCCS(=O)(=O)N1C[C@@H]2CN(C(=O)N(C)C)[C@@H](c3ccccc3C)[C@@H]2C1. The highest BCUT2D eigenvalue weighted by molar-refractivity contribution is 7.89. The molecule has 27 heavy (non-hydrogen) atoms. The minimum absolute atomic E-state index is 0.00181. The van der Waals surface area contributed by atoms with Crippen LogP contribution in [0.15, 0.2) is 24.3 Å². The zero-order chi connectivity index (χ0) is 19.8. The van der Waals surface area contributed by atoms with E-state index in [4.69, 9.17) is 0 Å². The highest BCUT2D eigenvalue weighted by atomic mass is 32.2. The van der Waals surface area contributed by atoms with E-state index in [9.17, 15) is 13.2 Å². The topological polar surface area (TPSA) is 60.9 Å². The first-order valence-electron chi connectivity index (χ1n) is 9.77. The predicted octanol–water partition coefficient (Wildman–Crippen LogP) is 2.71. The molecule has 2 heterocycles. The average Bonchev–Trinajstić information content (AvgIpc) is 3.18. The Kier molecular flexibility index (Phi) is 5.82. The second kappa shape index (κ2) is 7.80. The summed E-state index contributed by atoms with van der Waals surface area (Å²) in [5.74, 6) is 0.555. The van der Waals surface area contributed by atoms with Crippen molar-refractivity contribution in [3.05, 3.63) is 35.4 Å². The van der Waals surface area contributed by atoms with Gasteiger partial charge >= 0.3 is 6.03 Å². The van der Waals surface area contributed by atoms with Gasteiger partial charge in [0.15, 0.2) is 0 Å². The highest BCUT2D eigenvalue weighted by Crippen LogP contribution is 2.46. The van der Waals surface area contributed by atoms with E-state index in [2.05, 4.69) is 19.1 Å². The molecule has 1 aromatic carbocycles. The molecular formula is C20H31N3O3S. The molecule has 6 nitrogen and oxygen atoms in total. The van der Waals surface area contributed by atoms with Crippen LogP contribution in [0.5, 0.6) is 0 Å². The molecule has 0 bridgehead atoms. The zero-order valence-corrected chi connectivity index (χ0v) is 17.6. The summed E-state index contributed by atoms with van der Waals surface area (Å²) in [5, 5.41) is 0. The second-order valence-electron chi connectivity index (χ2n) is 8.04. The molecule has 2 fully saturated rings. The van der Waals surface area contributed by atoms with Gasteiger partial charge in [0.2, 0.25) is 10.0 Å². The van der Waals surface area contributed by atoms with Gasteiger partial charge in [0.25, 0.3) is 0 Å². The third-order valence-corrected chi connectivity index (χ3v) is 7.80. The summed E-state index contributed by atoms with van der Waals surface area (Å²) in [6.45, 7) is 5.71. The van der Waals surface area contributed by atoms with Gasteiger partial charge in [-0.05, 0) is 30.4 Å². The lowest BCUT2D eigenvalue weighted by molar-refractivity contribution is 0.156. The summed E-state index contributed by atoms with van der Waals surface area (Å²) >= 11 is 0. The highest BCUT2D eigenvalue weighted by Gasteiger charge is 2.51. The lowest BCUT2D eigenvalue weighted by Crippen LogP contribution is -2.42. The van der Waals surface area contributed by atoms with E-state index in [1.807, 2.05) is 24.0 Å². The van der Waals surface area contributed by atoms with E-state index in [0.29, 0.717) is 26.1 Å². The number of unbranched alkanes of at least 4 members (excludes halogenated alkanes) is 1. The van der Waals surface area contributed by atoms with Crippen LogP contribution in [0.25, 0.3) is 0 Å². The van der Waals surface area contributed by atoms with Crippen LogP contribution in [-0.2, 0) is 10.0 Å². The van der Waals surface area contributed by atoms with Crippen LogP contribution in [-0.4, -0.2) is 68.0 Å². The number of likely N-dealkylation sites (tertiary alicyclic amines) is 1. The van der Waals surface area contributed by atoms with Crippen molar-refractivity contribution in [2.45, 2.75) is 32.7 Å². The maximum Gasteiger partial charge on any atom is 0.320 e. The number of rotatable bonds is 5. The quantitative estimate of drug-likeness (QED) is 0.773. The van der Waals surface area contributed by atoms with Crippen molar-refractivity contribution >= 4 is 16.1 Å². The molecule has 0 unspecified atom stereocenters. The van der Waals surface area contributed by atoms with E-state index in [0.717, 1.165) is 17.5 Å². The zero-order valence-electron chi connectivity index (χ0n) is 16.8. The maximum atomic E-state index is 12.8. The summed E-state index contributed by atoms with van der Waals surface area (Å²) in [4.78, 5) is 16.4. The van der Waals surface area contributed by atoms with Gasteiger partial charge in [-0.2, -0.15) is 0 Å². The summed E-state index contributed by atoms with van der Waals surface area (Å²) in [5.41, 5.74) is 2.28. The smallest absolute Gasteiger partial charge is 0.320 e. The van der Waals surface area contributed by atoms with Crippen LogP contribution in [0, 0.1) is 18.8 Å². The fourth-order valence-electron chi connectivity index (χ4n) is 4.46. The number of nitrogens with zero attached hydrogens (tertiary/aromatic N) is 3. The molecule has 2 amide bonds. The predicted molar refractivity (Wildman–Crippen MR) is 107 cm³/mol. The minimum Gasteiger partial charge on any atom is -0.331 e. The van der Waals surface area contributed by atoms with Crippen LogP contribution in [0.1, 0.15) is 36.9 Å². The van der Waals surface area contributed by atoms with Crippen molar-refractivity contribution in [2.24, 2.45) is 11.8 Å². The molecule has 0 radical (unpaired) electrons. The molecule has 3 rings (SSSR count). The number of benzene rings is 1. The van der Waals surface area contributed by atoms with Gasteiger partial charge in [-0.3, -0.25) is 0 Å². The van der Waals surface area contributed by atoms with Crippen molar-refractivity contribution < 1.29 is 13.2 Å². The number of urea groups is 1. The molecule has 0 saturated carbocycles. The van der Waals surface area contributed by atoms with E-state index in [-0.39, 0.29) is 29.7 Å². The van der Waals surface area contributed by atoms with Gasteiger partial charge in [0.05, 0.1) is 11.8 Å². The van der Waals surface area contributed by atoms with Crippen molar-refractivity contribution in [1.29, 1.82) is 0 Å². The van der Waals surface area contributed by atoms with Crippen molar-refractivity contribution in [3.8, 4) is 0 Å². The second-order valence-corrected chi connectivity index (χ2v) is 10.1. The summed E-state index contributed by atoms with van der Waals surface area (Å²) in [7, 11) is 0.327. The lowest BCUT2D eigenvalue weighted by Gasteiger charge is -2.32. The summed E-state index contributed by atoms with van der Waals surface area (Å²) < 4.78 is 27.1. The van der Waals surface area contributed by atoms with Gasteiger partial charge < -0.3 is 9.80 Å². The number of carbonyl (C=O) groups excluding carboxylic acids is 1. The summed E-state index contributed by atoms with van der Waals surface area (Å²) in [6.07, 6.45) is 1.57. The molecule has 2 aliphatic heterocycles. The molecule has 3 atom stereocenters. The van der Waals surface area contributed by atoms with Crippen LogP contribution in [0.2, 0.25) is 0 Å². The number of hydrogen-bond donors (Lipinski definition) is 0. The Bertz CT molecular complexity index is 793. The van der Waals surface area contributed by atoms with Crippen molar-refractivity contribution in [1.82, 2.24) is 14.1 Å². The van der Waals surface area contributed by atoms with E-state index in [1.165, 1.54) is 0 Å². The molecular weight excluding hydrogens is 362 g/mol. The Hall–Kier alpha value is -1.60. The first-order valence-corrected chi connectivity index (χ1v) is 11.4. The Labute approximate surface area is 163 Å². The molecule has 0 aliphatic carbocycles. The lowest BCUT2D eigenvalue weighted by atomic mass is 9.88. The third-order valence-electron chi connectivity index (χ3n) is 5.92. The van der Waals surface area contributed by atoms with E-state index < -0.39 is 10.0 Å². The molecule has 150 valence electrons. The number of aryl methyl sites for hydroxylation is 1. The average molecular weight is 394 g/mol. The number of amides is 2. The fraction of sp³-hybridized carbons (Fsp3) is 0.650. The maximum absolute atomic E-state index is 12.8. The number of carbonyl (C=O) groups is 1. The number of hydrogen-bond acceptors (Lipinski definition) is 3.